The number of benzene rings is 1. The first kappa shape index (κ1) is 18.1. The zero-order chi connectivity index (χ0) is 16.0. The van der Waals surface area contributed by atoms with Gasteiger partial charge in [0.15, 0.2) is 0 Å². The van der Waals surface area contributed by atoms with Crippen molar-refractivity contribution in [2.75, 3.05) is 46.2 Å². The Hall–Kier alpha value is -1.96. The fraction of sp³-hybridized carbons (Fsp3) is 0.467. The van der Waals surface area contributed by atoms with E-state index in [2.05, 4.69) is 0 Å². The van der Waals surface area contributed by atoms with E-state index in [1.54, 1.807) is 24.3 Å². The van der Waals surface area contributed by atoms with Crippen LogP contribution in [0.25, 0.3) is 0 Å². The van der Waals surface area contributed by atoms with Crippen molar-refractivity contribution in [1.29, 1.82) is 0 Å². The van der Waals surface area contributed by atoms with E-state index in [0.717, 1.165) is 6.29 Å². The monoisotopic (exact) mass is 312 g/mol. The van der Waals surface area contributed by atoms with Crippen LogP contribution in [0, 0.1) is 0 Å². The van der Waals surface area contributed by atoms with Gasteiger partial charge in [-0.15, -0.1) is 0 Å². The second-order valence-corrected chi connectivity index (χ2v) is 4.21. The lowest BCUT2D eigenvalue weighted by Crippen LogP contribution is -2.14. The summed E-state index contributed by atoms with van der Waals surface area (Å²) in [5.74, 6) is -0.315. The lowest BCUT2D eigenvalue weighted by atomic mass is 10.2. The van der Waals surface area contributed by atoms with Gasteiger partial charge < -0.3 is 24.1 Å². The topological polar surface area (TPSA) is 91.3 Å². The highest BCUT2D eigenvalue weighted by atomic mass is 16.6. The average Bonchev–Trinajstić information content (AvgIpc) is 2.53. The second-order valence-electron chi connectivity index (χ2n) is 4.21. The molecule has 0 aliphatic carbocycles. The summed E-state index contributed by atoms with van der Waals surface area (Å²) in [4.78, 5) is 20.6. The van der Waals surface area contributed by atoms with Gasteiger partial charge in [0, 0.05) is 5.56 Å². The van der Waals surface area contributed by atoms with Gasteiger partial charge in [0.05, 0.1) is 33.0 Å². The number of hydrogen-bond donors (Lipinski definition) is 1. The number of carbonyl (C=O) groups excluding carboxylic acids is 1. The molecule has 0 amide bonds. The molecule has 22 heavy (non-hydrogen) atoms. The van der Waals surface area contributed by atoms with Gasteiger partial charge in [-0.05, 0) is 24.3 Å². The van der Waals surface area contributed by atoms with E-state index in [1.165, 1.54) is 0 Å². The van der Waals surface area contributed by atoms with Gasteiger partial charge in [0.25, 0.3) is 0 Å². The van der Waals surface area contributed by atoms with Crippen molar-refractivity contribution in [3.8, 4) is 5.75 Å². The molecular formula is C15H20O7. The Kier molecular flexibility index (Phi) is 9.60. The predicted octanol–water partition coefficient (Wildman–Crippen LogP) is 1.01. The Labute approximate surface area is 128 Å². The van der Waals surface area contributed by atoms with Crippen LogP contribution in [-0.4, -0.2) is 63.6 Å². The second kappa shape index (κ2) is 11.7. The van der Waals surface area contributed by atoms with Gasteiger partial charge in [-0.1, -0.05) is 0 Å². The minimum absolute atomic E-state index is 0.242. The minimum Gasteiger partial charge on any atom is -0.491 e. The number of rotatable bonds is 13. The summed E-state index contributed by atoms with van der Waals surface area (Å²) in [5, 5.41) is 8.33. The van der Waals surface area contributed by atoms with E-state index in [9.17, 15) is 9.59 Å². The molecule has 1 N–H and O–H groups in total. The number of carboxylic acid groups (broad SMARTS) is 1. The number of carbonyl (C=O) groups is 2. The smallest absolute Gasteiger partial charge is 0.329 e. The molecule has 7 nitrogen and oxygen atoms in total. The van der Waals surface area contributed by atoms with Crippen LogP contribution in [0.15, 0.2) is 24.3 Å². The lowest BCUT2D eigenvalue weighted by molar-refractivity contribution is -0.142. The Morgan fingerprint density at radius 2 is 1.45 bits per heavy atom. The van der Waals surface area contributed by atoms with Crippen molar-refractivity contribution in [2.24, 2.45) is 0 Å². The SMILES string of the molecule is O=Cc1ccc(OCCOCCOCCOCC(=O)O)cc1. The predicted molar refractivity (Wildman–Crippen MR) is 77.4 cm³/mol. The summed E-state index contributed by atoms with van der Waals surface area (Å²) < 4.78 is 20.7. The van der Waals surface area contributed by atoms with Crippen molar-refractivity contribution in [2.45, 2.75) is 0 Å². The number of aldehydes is 1. The summed E-state index contributed by atoms with van der Waals surface area (Å²) in [5.41, 5.74) is 0.605. The number of hydrogen-bond acceptors (Lipinski definition) is 6. The summed E-state index contributed by atoms with van der Waals surface area (Å²) in [6.07, 6.45) is 0.777. The van der Waals surface area contributed by atoms with Crippen LogP contribution < -0.4 is 4.74 Å². The van der Waals surface area contributed by atoms with Crippen LogP contribution in [0.1, 0.15) is 10.4 Å². The molecule has 0 atom stereocenters. The van der Waals surface area contributed by atoms with Crippen LogP contribution in [0.5, 0.6) is 5.75 Å². The number of aliphatic carboxylic acids is 1. The van der Waals surface area contributed by atoms with Crippen LogP contribution in [-0.2, 0) is 19.0 Å². The maximum Gasteiger partial charge on any atom is 0.329 e. The van der Waals surface area contributed by atoms with Crippen LogP contribution in [0.2, 0.25) is 0 Å². The first-order chi connectivity index (χ1) is 10.7. The Morgan fingerprint density at radius 3 is 2.00 bits per heavy atom. The third kappa shape index (κ3) is 9.06. The third-order valence-corrected chi connectivity index (χ3v) is 2.48. The summed E-state index contributed by atoms with van der Waals surface area (Å²) in [7, 11) is 0. The zero-order valence-electron chi connectivity index (χ0n) is 12.2. The molecule has 1 rings (SSSR count). The molecule has 0 heterocycles. The molecule has 0 unspecified atom stereocenters. The lowest BCUT2D eigenvalue weighted by Gasteiger charge is -2.08. The molecule has 7 heteroatoms. The fourth-order valence-corrected chi connectivity index (χ4v) is 1.46. The van der Waals surface area contributed by atoms with Crippen molar-refractivity contribution in [3.05, 3.63) is 29.8 Å². The Balaban J connectivity index is 1.89. The van der Waals surface area contributed by atoms with Gasteiger partial charge in [-0.25, -0.2) is 4.79 Å². The molecule has 0 radical (unpaired) electrons. The van der Waals surface area contributed by atoms with Crippen molar-refractivity contribution in [3.63, 3.8) is 0 Å². The van der Waals surface area contributed by atoms with Crippen LogP contribution in [0.4, 0.5) is 0 Å². The first-order valence-corrected chi connectivity index (χ1v) is 6.85. The van der Waals surface area contributed by atoms with Crippen molar-refractivity contribution in [1.82, 2.24) is 0 Å². The van der Waals surface area contributed by atoms with Gasteiger partial charge in [0.1, 0.15) is 25.2 Å². The standard InChI is InChI=1S/C15H20O7/c16-11-13-1-3-14(4-2-13)22-10-9-20-6-5-19-7-8-21-12-15(17)18/h1-4,11H,5-10,12H2,(H,17,18). The fourth-order valence-electron chi connectivity index (χ4n) is 1.46. The van der Waals surface area contributed by atoms with Gasteiger partial charge in [-0.2, -0.15) is 0 Å². The zero-order valence-corrected chi connectivity index (χ0v) is 12.2. The molecule has 122 valence electrons. The van der Waals surface area contributed by atoms with E-state index in [1.807, 2.05) is 0 Å². The molecule has 0 spiro atoms. The highest BCUT2D eigenvalue weighted by Gasteiger charge is 1.97. The molecule has 1 aromatic rings. The van der Waals surface area contributed by atoms with Crippen LogP contribution in [0.3, 0.4) is 0 Å². The van der Waals surface area contributed by atoms with E-state index in [-0.39, 0.29) is 13.2 Å². The maximum absolute atomic E-state index is 10.5. The molecule has 0 saturated carbocycles. The van der Waals surface area contributed by atoms with Crippen molar-refractivity contribution >= 4 is 12.3 Å². The Morgan fingerprint density at radius 1 is 0.909 bits per heavy atom. The molecule has 0 aromatic heterocycles. The minimum atomic E-state index is -0.996. The van der Waals surface area contributed by atoms with E-state index in [4.69, 9.17) is 24.1 Å². The summed E-state index contributed by atoms with van der Waals surface area (Å²) in [6.45, 7) is 1.92. The van der Waals surface area contributed by atoms with Gasteiger partial charge >= 0.3 is 5.97 Å². The van der Waals surface area contributed by atoms with E-state index in [0.29, 0.717) is 44.3 Å². The quantitative estimate of drug-likeness (QED) is 0.429. The normalized spacial score (nSPS) is 10.4. The van der Waals surface area contributed by atoms with Crippen molar-refractivity contribution < 1.29 is 33.6 Å². The van der Waals surface area contributed by atoms with E-state index >= 15 is 0 Å². The first-order valence-electron chi connectivity index (χ1n) is 6.85. The molecule has 0 saturated heterocycles. The van der Waals surface area contributed by atoms with Gasteiger partial charge in [0.2, 0.25) is 0 Å². The molecule has 1 aromatic carbocycles. The summed E-state index contributed by atoms with van der Waals surface area (Å²) >= 11 is 0. The Bertz CT molecular complexity index is 430. The average molecular weight is 312 g/mol. The summed E-state index contributed by atoms with van der Waals surface area (Å²) in [6, 6.07) is 6.82. The van der Waals surface area contributed by atoms with Gasteiger partial charge in [-0.3, -0.25) is 4.79 Å². The molecule has 0 fully saturated rings. The van der Waals surface area contributed by atoms with Crippen LogP contribution >= 0.6 is 0 Å². The highest BCUT2D eigenvalue weighted by Crippen LogP contribution is 2.10. The van der Waals surface area contributed by atoms with E-state index < -0.39 is 5.97 Å². The third-order valence-electron chi connectivity index (χ3n) is 2.48. The molecule has 0 bridgehead atoms. The maximum atomic E-state index is 10.5. The molecule has 0 aliphatic heterocycles. The molecular weight excluding hydrogens is 292 g/mol. The number of ether oxygens (including phenoxy) is 4. The largest absolute Gasteiger partial charge is 0.491 e. The molecule has 0 aliphatic rings. The highest BCUT2D eigenvalue weighted by molar-refractivity contribution is 5.74. The number of carboxylic acids is 1.